The highest BCUT2D eigenvalue weighted by Crippen LogP contribution is 2.38. The molecule has 2 aliphatic carbocycles. The van der Waals surface area contributed by atoms with Crippen molar-refractivity contribution < 1.29 is 19.8 Å². The zero-order valence-electron chi connectivity index (χ0n) is 31.6. The van der Waals surface area contributed by atoms with Crippen LogP contribution in [0.15, 0.2) is 127 Å². The summed E-state index contributed by atoms with van der Waals surface area (Å²) >= 11 is 24.7. The quantitative estimate of drug-likeness (QED) is 0.136. The number of benzene rings is 6. The average Bonchev–Trinajstić information content (AvgIpc) is 3.80. The lowest BCUT2D eigenvalue weighted by molar-refractivity contribution is 0.0686. The van der Waals surface area contributed by atoms with Crippen molar-refractivity contribution in [3.63, 3.8) is 0 Å². The van der Waals surface area contributed by atoms with E-state index in [2.05, 4.69) is 48.6 Å². The van der Waals surface area contributed by atoms with E-state index in [4.69, 9.17) is 56.6 Å². The molecule has 4 nitrogen and oxygen atoms in total. The Morgan fingerprint density at radius 1 is 0.534 bits per heavy atom. The molecule has 0 unspecified atom stereocenters. The summed E-state index contributed by atoms with van der Waals surface area (Å²) in [6.07, 6.45) is 11.8. The molecular weight excluding hydrogens is 806 g/mol. The predicted octanol–water partition coefficient (Wildman–Crippen LogP) is 13.6. The molecule has 2 N–H and O–H groups in total. The number of rotatable bonds is 11. The van der Waals surface area contributed by atoms with Crippen molar-refractivity contribution in [2.24, 2.45) is 0 Å². The summed E-state index contributed by atoms with van der Waals surface area (Å²) in [4.78, 5) is 22.0. The van der Waals surface area contributed by atoms with Gasteiger partial charge in [0.2, 0.25) is 0 Å². The fourth-order valence-electron chi connectivity index (χ4n) is 7.94. The number of carbonyl (C=O) groups is 2. The third-order valence-electron chi connectivity index (χ3n) is 10.7. The lowest BCUT2D eigenvalue weighted by Crippen LogP contribution is -2.00. The van der Waals surface area contributed by atoms with E-state index < -0.39 is 11.9 Å². The second kappa shape index (κ2) is 18.7. The van der Waals surface area contributed by atoms with Crippen LogP contribution in [0, 0.1) is 0 Å². The molecule has 0 fully saturated rings. The minimum Gasteiger partial charge on any atom is -0.478 e. The van der Waals surface area contributed by atoms with Crippen molar-refractivity contribution in [2.75, 3.05) is 0 Å². The van der Waals surface area contributed by atoms with Gasteiger partial charge in [-0.2, -0.15) is 0 Å². The molecule has 0 bridgehead atoms. The minimum absolute atomic E-state index is 0.319. The summed E-state index contributed by atoms with van der Waals surface area (Å²) < 4.78 is 0. The van der Waals surface area contributed by atoms with Crippen LogP contribution in [-0.2, 0) is 44.9 Å². The van der Waals surface area contributed by atoms with Gasteiger partial charge in [-0.25, -0.2) is 9.59 Å². The highest BCUT2D eigenvalue weighted by Gasteiger charge is 2.21. The van der Waals surface area contributed by atoms with Crippen molar-refractivity contribution in [3.8, 4) is 0 Å². The maximum Gasteiger partial charge on any atom is 0.335 e. The number of halogens is 4. The standard InChI is InChI=1S/2C25H20Cl2O2/c2*26-22-13-17(14-23(27)15-22)12-21-11-10-19-3-1-2-18(24(19)21)7-4-16-5-8-20(9-6-16)25(28)29/h1-3,5-6,8-9,12-15H,4,7,10-11H2,(H,28,29);1-3,5-6,8-9,11,13-15H,4,7,10,12H2,(H,28,29). The van der Waals surface area contributed by atoms with Crippen molar-refractivity contribution in [1.82, 2.24) is 0 Å². The van der Waals surface area contributed by atoms with Crippen molar-refractivity contribution in [2.45, 2.75) is 51.4 Å². The van der Waals surface area contributed by atoms with Gasteiger partial charge < -0.3 is 10.2 Å². The zero-order valence-corrected chi connectivity index (χ0v) is 34.6. The number of hydrogen-bond donors (Lipinski definition) is 2. The molecule has 6 aromatic carbocycles. The number of carboxylic acids is 2. The molecular formula is C50H40Cl4O4. The van der Waals surface area contributed by atoms with Crippen LogP contribution in [0.1, 0.15) is 82.8 Å². The Bertz CT molecular complexity index is 2510. The summed E-state index contributed by atoms with van der Waals surface area (Å²) in [5.74, 6) is -1.79. The van der Waals surface area contributed by atoms with Gasteiger partial charge in [0.05, 0.1) is 11.1 Å². The number of allylic oxidation sites excluding steroid dienone is 3. The second-order valence-electron chi connectivity index (χ2n) is 14.7. The third-order valence-corrected chi connectivity index (χ3v) is 11.5. The Balaban J connectivity index is 0.000000177. The molecule has 58 heavy (non-hydrogen) atoms. The van der Waals surface area contributed by atoms with Gasteiger partial charge in [0.1, 0.15) is 0 Å². The van der Waals surface area contributed by atoms with Gasteiger partial charge in [0, 0.05) is 20.1 Å². The van der Waals surface area contributed by atoms with Gasteiger partial charge in [-0.1, -0.05) is 119 Å². The molecule has 0 spiro atoms. The first kappa shape index (κ1) is 41.1. The fraction of sp³-hybridized carbons (Fsp3) is 0.160. The molecule has 2 aliphatic rings. The van der Waals surface area contributed by atoms with Crippen LogP contribution in [-0.4, -0.2) is 22.2 Å². The number of carboxylic acid groups (broad SMARTS) is 2. The Morgan fingerprint density at radius 2 is 1.03 bits per heavy atom. The first-order chi connectivity index (χ1) is 28.0. The van der Waals surface area contributed by atoms with Gasteiger partial charge in [-0.05, 0) is 179 Å². The first-order valence-electron chi connectivity index (χ1n) is 19.2. The molecule has 8 heteroatoms. The Kier molecular flexibility index (Phi) is 13.2. The van der Waals surface area contributed by atoms with E-state index in [0.717, 1.165) is 73.6 Å². The molecule has 0 radical (unpaired) electrons. The van der Waals surface area contributed by atoms with Gasteiger partial charge in [0.25, 0.3) is 0 Å². The number of aromatic carboxylic acids is 2. The molecule has 0 heterocycles. The lowest BCUT2D eigenvalue weighted by Gasteiger charge is -2.13. The molecule has 0 saturated carbocycles. The van der Waals surface area contributed by atoms with Crippen LogP contribution in [0.5, 0.6) is 0 Å². The number of aryl methyl sites for hydroxylation is 5. The van der Waals surface area contributed by atoms with E-state index in [1.165, 1.54) is 44.5 Å². The van der Waals surface area contributed by atoms with Crippen LogP contribution in [0.3, 0.4) is 0 Å². The average molecular weight is 847 g/mol. The highest BCUT2D eigenvalue weighted by atomic mass is 35.5. The summed E-state index contributed by atoms with van der Waals surface area (Å²) in [6.45, 7) is 0. The molecule has 0 atom stereocenters. The molecule has 0 amide bonds. The summed E-state index contributed by atoms with van der Waals surface area (Å²) in [6, 6.07) is 38.6. The van der Waals surface area contributed by atoms with E-state index >= 15 is 0 Å². The van der Waals surface area contributed by atoms with E-state index in [9.17, 15) is 9.59 Å². The lowest BCUT2D eigenvalue weighted by atomic mass is 9.91. The van der Waals surface area contributed by atoms with Crippen molar-refractivity contribution in [1.29, 1.82) is 0 Å². The molecule has 0 aliphatic heterocycles. The Morgan fingerprint density at radius 3 is 1.57 bits per heavy atom. The predicted molar refractivity (Wildman–Crippen MR) is 239 cm³/mol. The second-order valence-corrected chi connectivity index (χ2v) is 16.4. The van der Waals surface area contributed by atoms with Crippen LogP contribution in [0.4, 0.5) is 0 Å². The Labute approximate surface area is 359 Å². The van der Waals surface area contributed by atoms with Gasteiger partial charge in [-0.15, -0.1) is 0 Å². The van der Waals surface area contributed by atoms with Gasteiger partial charge in [-0.3, -0.25) is 0 Å². The maximum absolute atomic E-state index is 11.0. The normalized spacial score (nSPS) is 13.4. The SMILES string of the molecule is O=C(O)c1ccc(CCc2cccc3c2C(=Cc2cc(Cl)cc(Cl)c2)CC3)cc1.O=C(O)c1ccc(CCc2cccc3c2C(Cc2cc(Cl)cc(Cl)c2)=CC3)cc1. The van der Waals surface area contributed by atoms with Crippen molar-refractivity contribution >= 4 is 75.6 Å². The monoisotopic (exact) mass is 844 g/mol. The molecule has 8 rings (SSSR count). The smallest absolute Gasteiger partial charge is 0.335 e. The van der Waals surface area contributed by atoms with Crippen LogP contribution >= 0.6 is 46.4 Å². The molecule has 6 aromatic rings. The van der Waals surface area contributed by atoms with E-state index in [0.29, 0.717) is 31.2 Å². The first-order valence-corrected chi connectivity index (χ1v) is 20.7. The molecule has 292 valence electrons. The largest absolute Gasteiger partial charge is 0.478 e. The third kappa shape index (κ3) is 10.3. The number of fused-ring (bicyclic) bond motifs is 2. The summed E-state index contributed by atoms with van der Waals surface area (Å²) in [5, 5.41) is 20.7. The van der Waals surface area contributed by atoms with E-state index in [1.54, 1.807) is 36.4 Å². The number of hydrogen-bond acceptors (Lipinski definition) is 2. The minimum atomic E-state index is -0.895. The molecule has 0 saturated heterocycles. The molecule has 0 aromatic heterocycles. The van der Waals surface area contributed by atoms with Crippen LogP contribution < -0.4 is 0 Å². The highest BCUT2D eigenvalue weighted by molar-refractivity contribution is 6.35. The Hall–Kier alpha value is -5.10. The van der Waals surface area contributed by atoms with Gasteiger partial charge in [0.15, 0.2) is 0 Å². The van der Waals surface area contributed by atoms with E-state index in [-0.39, 0.29) is 0 Å². The van der Waals surface area contributed by atoms with Gasteiger partial charge >= 0.3 is 11.9 Å². The topological polar surface area (TPSA) is 74.6 Å². The zero-order chi connectivity index (χ0) is 40.8. The fourth-order valence-corrected chi connectivity index (χ4v) is 9.05. The van der Waals surface area contributed by atoms with Crippen LogP contribution in [0.2, 0.25) is 20.1 Å². The van der Waals surface area contributed by atoms with E-state index in [1.807, 2.05) is 48.5 Å². The van der Waals surface area contributed by atoms with Crippen molar-refractivity contribution in [3.05, 3.63) is 214 Å². The maximum atomic E-state index is 11.0. The summed E-state index contributed by atoms with van der Waals surface area (Å²) in [5.41, 5.74) is 15.7. The summed E-state index contributed by atoms with van der Waals surface area (Å²) in [7, 11) is 0. The van der Waals surface area contributed by atoms with Crippen LogP contribution in [0.25, 0.3) is 17.2 Å².